The van der Waals surface area contributed by atoms with E-state index in [-0.39, 0.29) is 6.04 Å². The van der Waals surface area contributed by atoms with Gasteiger partial charge in [0, 0.05) is 10.9 Å². The van der Waals surface area contributed by atoms with Gasteiger partial charge in [0.25, 0.3) is 0 Å². The van der Waals surface area contributed by atoms with Crippen molar-refractivity contribution in [3.8, 4) is 0 Å². The number of benzene rings is 1. The topological polar surface area (TPSA) is 67.6 Å². The number of hydrogen-bond acceptors (Lipinski definition) is 3. The summed E-state index contributed by atoms with van der Waals surface area (Å²) in [6.07, 6.45) is 4.93. The number of H-pyrrole nitrogens is 1. The zero-order chi connectivity index (χ0) is 13.2. The summed E-state index contributed by atoms with van der Waals surface area (Å²) in [7, 11) is 0. The third-order valence-electron chi connectivity index (χ3n) is 3.78. The van der Waals surface area contributed by atoms with Gasteiger partial charge in [-0.1, -0.05) is 42.6 Å². The van der Waals surface area contributed by atoms with Gasteiger partial charge in [-0.2, -0.15) is 5.10 Å². The quantitative estimate of drug-likeness (QED) is 0.905. The number of nitrogens with zero attached hydrogens (tertiary/aromatic N) is 2. The van der Waals surface area contributed by atoms with Crippen molar-refractivity contribution in [1.29, 1.82) is 0 Å². The Balaban J connectivity index is 1.84. The molecule has 1 aromatic heterocycles. The largest absolute Gasteiger partial charge is 0.318 e. The zero-order valence-electron chi connectivity index (χ0n) is 10.6. The van der Waals surface area contributed by atoms with Crippen molar-refractivity contribution >= 4 is 11.6 Å². The van der Waals surface area contributed by atoms with Gasteiger partial charge in [-0.05, 0) is 24.5 Å². The Bertz CT molecular complexity index is 560. The Labute approximate surface area is 117 Å². The van der Waals surface area contributed by atoms with Gasteiger partial charge in [0.15, 0.2) is 5.82 Å². The molecular weight excluding hydrogens is 260 g/mol. The first-order valence-corrected chi connectivity index (χ1v) is 7.05. The fraction of sp³-hybridized carbons (Fsp3) is 0.429. The maximum Gasteiger partial charge on any atom is 0.171 e. The summed E-state index contributed by atoms with van der Waals surface area (Å²) >= 11 is 6.16. The Kier molecular flexibility index (Phi) is 3.53. The van der Waals surface area contributed by atoms with Crippen LogP contribution < -0.4 is 5.73 Å². The van der Waals surface area contributed by atoms with E-state index in [2.05, 4.69) is 15.2 Å². The van der Waals surface area contributed by atoms with E-state index in [4.69, 9.17) is 17.3 Å². The van der Waals surface area contributed by atoms with Crippen LogP contribution in [0.3, 0.4) is 0 Å². The van der Waals surface area contributed by atoms with Crippen LogP contribution in [-0.4, -0.2) is 15.2 Å². The Morgan fingerprint density at radius 2 is 2.00 bits per heavy atom. The highest BCUT2D eigenvalue weighted by Crippen LogP contribution is 2.32. The van der Waals surface area contributed by atoms with Gasteiger partial charge < -0.3 is 5.73 Å². The van der Waals surface area contributed by atoms with Crippen molar-refractivity contribution in [2.75, 3.05) is 0 Å². The molecule has 1 fully saturated rings. The van der Waals surface area contributed by atoms with Gasteiger partial charge in [-0.15, -0.1) is 0 Å². The molecule has 1 heterocycles. The number of rotatable bonds is 3. The summed E-state index contributed by atoms with van der Waals surface area (Å²) in [6.45, 7) is 0. The van der Waals surface area contributed by atoms with E-state index in [1.807, 2.05) is 24.3 Å². The van der Waals surface area contributed by atoms with Crippen LogP contribution in [0.2, 0.25) is 5.02 Å². The van der Waals surface area contributed by atoms with Gasteiger partial charge in [0.05, 0.1) is 6.04 Å². The first-order chi connectivity index (χ1) is 9.25. The summed E-state index contributed by atoms with van der Waals surface area (Å²) in [6, 6.07) is 7.19. The minimum absolute atomic E-state index is 0.375. The van der Waals surface area contributed by atoms with Gasteiger partial charge in [-0.25, -0.2) is 4.98 Å². The van der Waals surface area contributed by atoms with E-state index in [1.54, 1.807) is 0 Å². The lowest BCUT2D eigenvalue weighted by molar-refractivity contribution is 0.670. The van der Waals surface area contributed by atoms with E-state index in [9.17, 15) is 0 Å². The lowest BCUT2D eigenvalue weighted by Crippen LogP contribution is -2.14. The first-order valence-electron chi connectivity index (χ1n) is 6.68. The monoisotopic (exact) mass is 276 g/mol. The number of aromatic amines is 1. The van der Waals surface area contributed by atoms with E-state index in [0.29, 0.717) is 16.8 Å². The second-order valence-electron chi connectivity index (χ2n) is 5.06. The predicted octanol–water partition coefficient (Wildman–Crippen LogP) is 3.16. The molecule has 0 aliphatic heterocycles. The van der Waals surface area contributed by atoms with Crippen LogP contribution >= 0.6 is 11.6 Å². The van der Waals surface area contributed by atoms with Crippen molar-refractivity contribution in [3.05, 3.63) is 46.5 Å². The lowest BCUT2D eigenvalue weighted by atomic mass is 10.1. The summed E-state index contributed by atoms with van der Waals surface area (Å²) < 4.78 is 0. The van der Waals surface area contributed by atoms with Gasteiger partial charge in [0.1, 0.15) is 5.82 Å². The molecule has 0 unspecified atom stereocenters. The standard InChI is InChI=1S/C14H17ClN4/c15-11-8-4-3-7-10(11)12(16)14-17-13(18-19-14)9-5-1-2-6-9/h3-4,7-9,12H,1-2,5-6,16H2,(H,17,18,19)/t12-/m1/s1. The molecule has 1 aromatic carbocycles. The highest BCUT2D eigenvalue weighted by atomic mass is 35.5. The summed E-state index contributed by atoms with van der Waals surface area (Å²) in [4.78, 5) is 4.56. The minimum Gasteiger partial charge on any atom is -0.318 e. The summed E-state index contributed by atoms with van der Waals surface area (Å²) in [5.74, 6) is 2.10. The minimum atomic E-state index is -0.375. The fourth-order valence-electron chi connectivity index (χ4n) is 2.68. The van der Waals surface area contributed by atoms with Gasteiger partial charge in [0.2, 0.25) is 0 Å². The number of halogens is 1. The van der Waals surface area contributed by atoms with Crippen LogP contribution in [0.5, 0.6) is 0 Å². The molecule has 1 saturated carbocycles. The van der Waals surface area contributed by atoms with E-state index in [1.165, 1.54) is 25.7 Å². The maximum atomic E-state index is 6.20. The average Bonchev–Trinajstić information content (AvgIpc) is 3.09. The highest BCUT2D eigenvalue weighted by molar-refractivity contribution is 6.31. The van der Waals surface area contributed by atoms with Crippen molar-refractivity contribution < 1.29 is 0 Å². The lowest BCUT2D eigenvalue weighted by Gasteiger charge is -2.09. The highest BCUT2D eigenvalue weighted by Gasteiger charge is 2.23. The molecule has 3 rings (SSSR count). The maximum absolute atomic E-state index is 6.20. The predicted molar refractivity (Wildman–Crippen MR) is 75.1 cm³/mol. The molecule has 1 aliphatic carbocycles. The molecule has 4 nitrogen and oxygen atoms in total. The number of aromatic nitrogens is 3. The van der Waals surface area contributed by atoms with Crippen LogP contribution in [0.4, 0.5) is 0 Å². The van der Waals surface area contributed by atoms with Crippen LogP contribution in [-0.2, 0) is 0 Å². The Hall–Kier alpha value is -1.39. The molecule has 3 N–H and O–H groups in total. The van der Waals surface area contributed by atoms with Crippen LogP contribution in [0.25, 0.3) is 0 Å². The number of nitrogens with two attached hydrogens (primary N) is 1. The van der Waals surface area contributed by atoms with Crippen LogP contribution in [0, 0.1) is 0 Å². The molecule has 5 heteroatoms. The Morgan fingerprint density at radius 1 is 1.26 bits per heavy atom. The van der Waals surface area contributed by atoms with Crippen molar-refractivity contribution in [2.24, 2.45) is 5.73 Å². The van der Waals surface area contributed by atoms with Crippen LogP contribution in [0.15, 0.2) is 24.3 Å². The molecule has 0 saturated heterocycles. The zero-order valence-corrected chi connectivity index (χ0v) is 11.4. The van der Waals surface area contributed by atoms with Crippen molar-refractivity contribution in [2.45, 2.75) is 37.6 Å². The van der Waals surface area contributed by atoms with Gasteiger partial charge in [-0.3, -0.25) is 5.10 Å². The van der Waals surface area contributed by atoms with Crippen LogP contribution in [0.1, 0.15) is 54.9 Å². The molecule has 2 aromatic rings. The normalized spacial score (nSPS) is 17.8. The molecule has 1 aliphatic rings. The molecule has 0 amide bonds. The number of nitrogens with one attached hydrogen (secondary N) is 1. The number of hydrogen-bond donors (Lipinski definition) is 2. The average molecular weight is 277 g/mol. The SMILES string of the molecule is N[C@@H](c1n[nH]c(C2CCCC2)n1)c1ccccc1Cl. The smallest absolute Gasteiger partial charge is 0.171 e. The Morgan fingerprint density at radius 3 is 2.74 bits per heavy atom. The molecule has 0 spiro atoms. The fourth-order valence-corrected chi connectivity index (χ4v) is 2.93. The third-order valence-corrected chi connectivity index (χ3v) is 4.12. The van der Waals surface area contributed by atoms with Crippen molar-refractivity contribution in [1.82, 2.24) is 15.2 Å². The second-order valence-corrected chi connectivity index (χ2v) is 5.47. The van der Waals surface area contributed by atoms with E-state index >= 15 is 0 Å². The molecule has 19 heavy (non-hydrogen) atoms. The summed E-state index contributed by atoms with van der Waals surface area (Å²) in [5.41, 5.74) is 7.06. The molecule has 0 radical (unpaired) electrons. The molecule has 0 bridgehead atoms. The first kappa shape index (κ1) is 12.6. The molecule has 100 valence electrons. The van der Waals surface area contributed by atoms with Crippen molar-refractivity contribution in [3.63, 3.8) is 0 Å². The van der Waals surface area contributed by atoms with E-state index in [0.717, 1.165) is 11.4 Å². The van der Waals surface area contributed by atoms with E-state index < -0.39 is 0 Å². The molecular formula is C14H17ClN4. The molecule has 1 atom stereocenters. The summed E-state index contributed by atoms with van der Waals surface area (Å²) in [5, 5.41) is 7.95. The second kappa shape index (κ2) is 5.31. The third kappa shape index (κ3) is 2.51. The van der Waals surface area contributed by atoms with Gasteiger partial charge >= 0.3 is 0 Å².